The van der Waals surface area contributed by atoms with Gasteiger partial charge in [-0.05, 0) is 22.6 Å². The number of hydrogen-bond donors (Lipinski definition) is 2. The number of ether oxygens (including phenoxy) is 1. The van der Waals surface area contributed by atoms with Crippen molar-refractivity contribution >= 4 is 35.1 Å². The third-order valence-corrected chi connectivity index (χ3v) is 6.13. The fourth-order valence-corrected chi connectivity index (χ4v) is 4.73. The molecule has 1 saturated heterocycles. The lowest BCUT2D eigenvalue weighted by Crippen LogP contribution is -2.70. The van der Waals surface area contributed by atoms with Gasteiger partial charge in [0.05, 0.1) is 0 Å². The van der Waals surface area contributed by atoms with E-state index < -0.39 is 29.2 Å². The number of tetrazole rings is 1. The van der Waals surface area contributed by atoms with Crippen molar-refractivity contribution in [1.29, 1.82) is 0 Å². The van der Waals surface area contributed by atoms with Crippen molar-refractivity contribution in [1.82, 2.24) is 30.4 Å². The smallest absolute Gasteiger partial charge is 0.352 e. The first kappa shape index (κ1) is 20.6. The van der Waals surface area contributed by atoms with Crippen molar-refractivity contribution in [3.63, 3.8) is 0 Å². The molecule has 0 aliphatic carbocycles. The van der Waals surface area contributed by atoms with Gasteiger partial charge in [-0.3, -0.25) is 14.5 Å². The van der Waals surface area contributed by atoms with Crippen LogP contribution < -0.4 is 10.1 Å². The van der Waals surface area contributed by atoms with E-state index in [2.05, 4.69) is 27.4 Å². The molecule has 0 saturated carbocycles. The third kappa shape index (κ3) is 3.77. The van der Waals surface area contributed by atoms with E-state index in [-0.39, 0.29) is 18.1 Å². The van der Waals surface area contributed by atoms with Crippen molar-refractivity contribution in [2.24, 2.45) is 7.05 Å². The molecule has 2 amide bonds. The number of aromatic nitrogens is 4. The highest BCUT2D eigenvalue weighted by atomic mass is 32.2. The lowest BCUT2D eigenvalue weighted by atomic mass is 9.99. The van der Waals surface area contributed by atoms with E-state index in [9.17, 15) is 19.5 Å². The number of β-lactam (4-membered cyclic amide) rings is 1. The summed E-state index contributed by atoms with van der Waals surface area (Å²) < 4.78 is 6.76. The lowest BCUT2D eigenvalue weighted by Gasteiger charge is -2.49. The summed E-state index contributed by atoms with van der Waals surface area (Å²) in [7, 11) is 1.61. The van der Waals surface area contributed by atoms with Gasteiger partial charge in [0.1, 0.15) is 22.9 Å². The predicted molar refractivity (Wildman–Crippen MR) is 109 cm³/mol. The highest BCUT2D eigenvalue weighted by Gasteiger charge is 2.54. The highest BCUT2D eigenvalue weighted by Crippen LogP contribution is 2.43. The zero-order valence-corrected chi connectivity index (χ0v) is 17.2. The minimum atomic E-state index is -1.26. The maximum absolute atomic E-state index is 12.7. The number of carboxylic acids is 1. The van der Waals surface area contributed by atoms with Crippen molar-refractivity contribution in [2.45, 2.75) is 11.4 Å². The lowest BCUT2D eigenvalue weighted by molar-refractivity contribution is -0.150. The molecule has 4 rings (SSSR count). The molecule has 0 bridgehead atoms. The molecule has 11 nitrogen and oxygen atoms in total. The minimum absolute atomic E-state index is 0.173. The number of carboxylic acid groups (broad SMARTS) is 1. The van der Waals surface area contributed by atoms with Crippen LogP contribution in [0.25, 0.3) is 5.57 Å². The van der Waals surface area contributed by atoms with E-state index in [0.717, 1.165) is 0 Å². The SMILES string of the molecule is C=C(C1=C(C(=O)O)N2C(=O)C(NC(=O)COc3ccccc3)[C@H]2SC1)c1nnnn1C. The summed E-state index contributed by atoms with van der Waals surface area (Å²) in [5.74, 6) is -1.13. The van der Waals surface area contributed by atoms with Crippen molar-refractivity contribution in [3.05, 3.63) is 54.0 Å². The standard InChI is InChI=1S/C19H18N6O5S/c1-10(16-21-22-23-24(16)2)12-9-31-18-14(17(27)25(18)15(12)19(28)29)20-13(26)8-30-11-6-4-3-5-7-11/h3-7,14,18H,1,8-9H2,2H3,(H,20,26)(H,28,29)/t14?,18-/m1/s1. The van der Waals surface area contributed by atoms with E-state index in [0.29, 0.717) is 22.7 Å². The summed E-state index contributed by atoms with van der Waals surface area (Å²) in [6, 6.07) is 7.98. The van der Waals surface area contributed by atoms with Gasteiger partial charge >= 0.3 is 5.97 Å². The molecule has 160 valence electrons. The first-order valence-electron chi connectivity index (χ1n) is 9.19. The maximum Gasteiger partial charge on any atom is 0.352 e. The Labute approximate surface area is 180 Å². The topological polar surface area (TPSA) is 140 Å². The number of amides is 2. The van der Waals surface area contributed by atoms with Crippen LogP contribution in [0.1, 0.15) is 5.82 Å². The predicted octanol–water partition coefficient (Wildman–Crippen LogP) is 0.0409. The van der Waals surface area contributed by atoms with Gasteiger partial charge in [-0.15, -0.1) is 16.9 Å². The van der Waals surface area contributed by atoms with Crippen LogP contribution in [0.3, 0.4) is 0 Å². The summed E-state index contributed by atoms with van der Waals surface area (Å²) in [6.07, 6.45) is 0. The second-order valence-electron chi connectivity index (χ2n) is 6.79. The summed E-state index contributed by atoms with van der Waals surface area (Å²) >= 11 is 1.33. The molecule has 0 spiro atoms. The van der Waals surface area contributed by atoms with Gasteiger partial charge in [0.15, 0.2) is 12.4 Å². The number of thioether (sulfide) groups is 1. The number of aryl methyl sites for hydroxylation is 1. The number of hydrogen-bond acceptors (Lipinski definition) is 8. The number of fused-ring (bicyclic) bond motifs is 1. The average Bonchev–Trinajstić information content (AvgIpc) is 3.20. The zero-order valence-electron chi connectivity index (χ0n) is 16.4. The Kier molecular flexibility index (Phi) is 5.46. The molecule has 1 aromatic heterocycles. The Bertz CT molecular complexity index is 1100. The van der Waals surface area contributed by atoms with Gasteiger partial charge in [-0.2, -0.15) is 0 Å². The molecular weight excluding hydrogens is 424 g/mol. The molecule has 2 atom stereocenters. The number of allylic oxidation sites excluding steroid dienone is 1. The summed E-state index contributed by atoms with van der Waals surface area (Å²) in [5.41, 5.74) is 0.511. The second-order valence-corrected chi connectivity index (χ2v) is 7.90. The number of rotatable bonds is 7. The van der Waals surface area contributed by atoms with Crippen LogP contribution >= 0.6 is 11.8 Å². The van der Waals surface area contributed by atoms with Crippen molar-refractivity contribution in [3.8, 4) is 5.75 Å². The third-order valence-electron chi connectivity index (χ3n) is 4.85. The number of nitrogens with one attached hydrogen (secondary N) is 1. The molecule has 31 heavy (non-hydrogen) atoms. The monoisotopic (exact) mass is 442 g/mol. The minimum Gasteiger partial charge on any atom is -0.484 e. The van der Waals surface area contributed by atoms with Crippen molar-refractivity contribution < 1.29 is 24.2 Å². The Hall–Kier alpha value is -3.67. The fraction of sp³-hybridized carbons (Fsp3) is 0.263. The first-order valence-corrected chi connectivity index (χ1v) is 10.2. The van der Waals surface area contributed by atoms with E-state index in [1.807, 2.05) is 6.07 Å². The first-order chi connectivity index (χ1) is 14.9. The molecule has 2 N–H and O–H groups in total. The van der Waals surface area contributed by atoms with Crippen LogP contribution in [0.15, 0.2) is 48.2 Å². The molecule has 1 unspecified atom stereocenters. The van der Waals surface area contributed by atoms with Crippen LogP contribution in [0, 0.1) is 0 Å². The van der Waals surface area contributed by atoms with Crippen molar-refractivity contribution in [2.75, 3.05) is 12.4 Å². The molecular formula is C19H18N6O5S. The Morgan fingerprint density at radius 2 is 2.10 bits per heavy atom. The van der Waals surface area contributed by atoms with Crippen LogP contribution in [0.5, 0.6) is 5.75 Å². The van der Waals surface area contributed by atoms with E-state index in [1.54, 1.807) is 31.3 Å². The number of aliphatic carboxylic acids is 1. The summed E-state index contributed by atoms with van der Waals surface area (Å²) in [4.78, 5) is 38.1. The van der Waals surface area contributed by atoms with Gasteiger partial charge in [-0.1, -0.05) is 24.8 Å². The molecule has 12 heteroatoms. The highest BCUT2D eigenvalue weighted by molar-refractivity contribution is 8.00. The molecule has 2 aromatic rings. The number of para-hydroxylation sites is 1. The van der Waals surface area contributed by atoms with Crippen LogP contribution in [0.4, 0.5) is 0 Å². The molecule has 3 heterocycles. The largest absolute Gasteiger partial charge is 0.484 e. The van der Waals surface area contributed by atoms with Crippen LogP contribution in [-0.2, 0) is 21.4 Å². The van der Waals surface area contributed by atoms with E-state index in [4.69, 9.17) is 4.74 Å². The molecule has 2 aliphatic rings. The van der Waals surface area contributed by atoms with Gasteiger partial charge in [-0.25, -0.2) is 9.48 Å². The van der Waals surface area contributed by atoms with Gasteiger partial charge in [0.25, 0.3) is 11.8 Å². The van der Waals surface area contributed by atoms with Crippen LogP contribution in [-0.4, -0.2) is 71.8 Å². The second kappa shape index (κ2) is 8.22. The Balaban J connectivity index is 1.47. The number of benzene rings is 1. The molecule has 1 fully saturated rings. The molecule has 0 radical (unpaired) electrons. The Morgan fingerprint density at radius 1 is 1.35 bits per heavy atom. The normalized spacial score (nSPS) is 20.0. The van der Waals surface area contributed by atoms with E-state index >= 15 is 0 Å². The zero-order chi connectivity index (χ0) is 22.1. The average molecular weight is 442 g/mol. The number of carbonyl (C=O) groups excluding carboxylic acids is 2. The quantitative estimate of drug-likeness (QED) is 0.569. The summed E-state index contributed by atoms with van der Waals surface area (Å²) in [6.45, 7) is 3.67. The maximum atomic E-state index is 12.7. The Morgan fingerprint density at radius 3 is 2.74 bits per heavy atom. The fourth-order valence-electron chi connectivity index (χ4n) is 3.35. The van der Waals surface area contributed by atoms with Gasteiger partial charge in [0, 0.05) is 23.9 Å². The van der Waals surface area contributed by atoms with E-state index in [1.165, 1.54) is 21.3 Å². The molecule has 2 aliphatic heterocycles. The number of nitrogens with zero attached hydrogens (tertiary/aromatic N) is 5. The van der Waals surface area contributed by atoms with Crippen LogP contribution in [0.2, 0.25) is 0 Å². The van der Waals surface area contributed by atoms with Gasteiger partial charge in [0.2, 0.25) is 0 Å². The number of carbonyl (C=O) groups is 3. The van der Waals surface area contributed by atoms with Gasteiger partial charge < -0.3 is 15.2 Å². The summed E-state index contributed by atoms with van der Waals surface area (Å²) in [5, 5.41) is 23.0. The molecule has 1 aromatic carbocycles.